The van der Waals surface area contributed by atoms with Crippen molar-refractivity contribution in [2.75, 3.05) is 19.7 Å². The first-order chi connectivity index (χ1) is 11.8. The number of carbonyl (C=O) groups excluding carboxylic acids is 1. The Kier molecular flexibility index (Phi) is 4.75. The van der Waals surface area contributed by atoms with Crippen LogP contribution < -0.4 is 0 Å². The molecule has 6 nitrogen and oxygen atoms in total. The molecular formula is C18H19NO5S. The Balaban J connectivity index is 2.02. The molecule has 2 aromatic rings. The van der Waals surface area contributed by atoms with Crippen LogP contribution in [-0.2, 0) is 20.6 Å². The van der Waals surface area contributed by atoms with Gasteiger partial charge in [0.2, 0.25) is 0 Å². The maximum absolute atomic E-state index is 12.9. The van der Waals surface area contributed by atoms with Crippen molar-refractivity contribution in [2.45, 2.75) is 12.5 Å². The molecule has 1 heterocycles. The highest BCUT2D eigenvalue weighted by Gasteiger charge is 2.40. The second kappa shape index (κ2) is 6.68. The topological polar surface area (TPSA) is 83.9 Å². The van der Waals surface area contributed by atoms with Gasteiger partial charge in [0.15, 0.2) is 5.78 Å². The van der Waals surface area contributed by atoms with E-state index in [0.29, 0.717) is 16.7 Å². The Labute approximate surface area is 146 Å². The SMILES string of the molecule is CC1(c2ccccc2C(=O)c2ccccc2)CN(S(=O)(=O)O)CCO1. The van der Waals surface area contributed by atoms with E-state index in [9.17, 15) is 17.8 Å². The van der Waals surface area contributed by atoms with E-state index in [2.05, 4.69) is 0 Å². The predicted molar refractivity (Wildman–Crippen MR) is 92.7 cm³/mol. The van der Waals surface area contributed by atoms with Gasteiger partial charge in [-0.3, -0.25) is 9.35 Å². The van der Waals surface area contributed by atoms with Gasteiger partial charge in [-0.1, -0.05) is 54.6 Å². The Morgan fingerprint density at radius 1 is 1.12 bits per heavy atom. The van der Waals surface area contributed by atoms with Gasteiger partial charge in [-0.25, -0.2) is 0 Å². The zero-order chi connectivity index (χ0) is 18.1. The van der Waals surface area contributed by atoms with Gasteiger partial charge in [-0.2, -0.15) is 12.7 Å². The van der Waals surface area contributed by atoms with E-state index in [1.54, 1.807) is 55.5 Å². The summed E-state index contributed by atoms with van der Waals surface area (Å²) in [7, 11) is -4.32. The molecule has 132 valence electrons. The fraction of sp³-hybridized carbons (Fsp3) is 0.278. The summed E-state index contributed by atoms with van der Waals surface area (Å²) in [5.74, 6) is -0.162. The Morgan fingerprint density at radius 3 is 2.44 bits per heavy atom. The lowest BCUT2D eigenvalue weighted by Crippen LogP contribution is -2.50. The van der Waals surface area contributed by atoms with Gasteiger partial charge in [0, 0.05) is 24.2 Å². The molecule has 0 saturated carbocycles. The van der Waals surface area contributed by atoms with Crippen LogP contribution in [0.15, 0.2) is 54.6 Å². The first kappa shape index (κ1) is 17.8. The second-order valence-electron chi connectivity index (χ2n) is 6.13. The number of carbonyl (C=O) groups is 1. The van der Waals surface area contributed by atoms with Crippen LogP contribution in [0.25, 0.3) is 0 Å². The zero-order valence-electron chi connectivity index (χ0n) is 13.8. The van der Waals surface area contributed by atoms with Crippen LogP contribution in [0.4, 0.5) is 0 Å². The average molecular weight is 361 g/mol. The summed E-state index contributed by atoms with van der Waals surface area (Å²) in [5.41, 5.74) is 0.557. The fourth-order valence-corrected chi connectivity index (χ4v) is 3.80. The molecule has 0 amide bonds. The number of ketones is 1. The van der Waals surface area contributed by atoms with E-state index >= 15 is 0 Å². The van der Waals surface area contributed by atoms with E-state index < -0.39 is 15.9 Å². The van der Waals surface area contributed by atoms with Crippen molar-refractivity contribution >= 4 is 16.1 Å². The lowest BCUT2D eigenvalue weighted by molar-refractivity contribution is -0.0838. The van der Waals surface area contributed by atoms with E-state index in [-0.39, 0.29) is 25.5 Å². The van der Waals surface area contributed by atoms with Crippen LogP contribution >= 0.6 is 0 Å². The minimum absolute atomic E-state index is 0.0646. The summed E-state index contributed by atoms with van der Waals surface area (Å²) in [6.07, 6.45) is 0. The highest BCUT2D eigenvalue weighted by molar-refractivity contribution is 7.83. The standard InChI is InChI=1S/C18H19NO5S/c1-18(13-19(11-12-24-18)25(21,22)23)16-10-6-5-9-15(16)17(20)14-7-3-2-4-8-14/h2-10H,11-13H2,1H3,(H,21,22,23). The number of rotatable bonds is 4. The number of hydrogen-bond donors (Lipinski definition) is 1. The minimum atomic E-state index is -4.32. The summed E-state index contributed by atoms with van der Waals surface area (Å²) in [6.45, 7) is 1.86. The average Bonchev–Trinajstić information content (AvgIpc) is 2.61. The van der Waals surface area contributed by atoms with Crippen molar-refractivity contribution in [1.82, 2.24) is 4.31 Å². The molecule has 1 fully saturated rings. The van der Waals surface area contributed by atoms with Crippen molar-refractivity contribution < 1.29 is 22.5 Å². The maximum Gasteiger partial charge on any atom is 0.336 e. The molecule has 0 aromatic heterocycles. The van der Waals surface area contributed by atoms with Gasteiger partial charge in [-0.05, 0) is 12.5 Å². The van der Waals surface area contributed by atoms with Crippen molar-refractivity contribution in [2.24, 2.45) is 0 Å². The second-order valence-corrected chi connectivity index (χ2v) is 7.54. The van der Waals surface area contributed by atoms with Crippen molar-refractivity contribution in [3.63, 3.8) is 0 Å². The molecule has 2 aromatic carbocycles. The third kappa shape index (κ3) is 3.64. The zero-order valence-corrected chi connectivity index (χ0v) is 14.6. The summed E-state index contributed by atoms with van der Waals surface area (Å²) >= 11 is 0. The maximum atomic E-state index is 12.9. The Hall–Kier alpha value is -2.06. The monoisotopic (exact) mass is 361 g/mol. The highest BCUT2D eigenvalue weighted by atomic mass is 32.2. The molecule has 3 rings (SSSR count). The van der Waals surface area contributed by atoms with Crippen LogP contribution in [0.3, 0.4) is 0 Å². The molecular weight excluding hydrogens is 342 g/mol. The molecule has 0 spiro atoms. The van der Waals surface area contributed by atoms with Gasteiger partial charge < -0.3 is 4.74 Å². The molecule has 1 aliphatic rings. The van der Waals surface area contributed by atoms with E-state index in [1.165, 1.54) is 0 Å². The van der Waals surface area contributed by atoms with Gasteiger partial charge in [0.1, 0.15) is 5.60 Å². The van der Waals surface area contributed by atoms with Crippen molar-refractivity contribution in [1.29, 1.82) is 0 Å². The Bertz CT molecular complexity index is 881. The van der Waals surface area contributed by atoms with E-state index in [4.69, 9.17) is 4.74 Å². The number of nitrogens with zero attached hydrogens (tertiary/aromatic N) is 1. The summed E-state index contributed by atoms with van der Waals surface area (Å²) in [6, 6.07) is 15.9. The van der Waals surface area contributed by atoms with E-state index in [0.717, 1.165) is 4.31 Å². The highest BCUT2D eigenvalue weighted by Crippen LogP contribution is 2.33. The normalized spacial score (nSPS) is 21.8. The van der Waals surface area contributed by atoms with Crippen LogP contribution in [0.5, 0.6) is 0 Å². The van der Waals surface area contributed by atoms with Crippen molar-refractivity contribution in [3.05, 3.63) is 71.3 Å². The molecule has 1 saturated heterocycles. The summed E-state index contributed by atoms with van der Waals surface area (Å²) in [4.78, 5) is 12.9. The molecule has 1 aliphatic heterocycles. The molecule has 0 aliphatic carbocycles. The van der Waals surface area contributed by atoms with Crippen LogP contribution in [-0.4, -0.2) is 42.8 Å². The predicted octanol–water partition coefficient (Wildman–Crippen LogP) is 2.27. The van der Waals surface area contributed by atoms with E-state index in [1.807, 2.05) is 6.07 Å². The van der Waals surface area contributed by atoms with Crippen LogP contribution in [0.2, 0.25) is 0 Å². The summed E-state index contributed by atoms with van der Waals surface area (Å²) < 4.78 is 39.2. The number of benzene rings is 2. The fourth-order valence-electron chi connectivity index (χ4n) is 3.08. The van der Waals surface area contributed by atoms with Gasteiger partial charge >= 0.3 is 10.3 Å². The third-order valence-electron chi connectivity index (χ3n) is 4.34. The van der Waals surface area contributed by atoms with Gasteiger partial charge in [0.25, 0.3) is 0 Å². The van der Waals surface area contributed by atoms with Crippen molar-refractivity contribution in [3.8, 4) is 0 Å². The van der Waals surface area contributed by atoms with Gasteiger partial charge in [-0.15, -0.1) is 0 Å². The molecule has 1 atom stereocenters. The summed E-state index contributed by atoms with van der Waals surface area (Å²) in [5, 5.41) is 0. The molecule has 7 heteroatoms. The van der Waals surface area contributed by atoms with Gasteiger partial charge in [0.05, 0.1) is 6.61 Å². The quantitative estimate of drug-likeness (QED) is 0.667. The molecule has 1 unspecified atom stereocenters. The third-order valence-corrected chi connectivity index (χ3v) is 5.31. The smallest absolute Gasteiger partial charge is 0.336 e. The lowest BCUT2D eigenvalue weighted by Gasteiger charge is -2.39. The number of morpholine rings is 1. The van der Waals surface area contributed by atoms with Crippen LogP contribution in [0, 0.1) is 0 Å². The molecule has 0 bridgehead atoms. The molecule has 25 heavy (non-hydrogen) atoms. The van der Waals surface area contributed by atoms with Crippen LogP contribution in [0.1, 0.15) is 28.4 Å². The largest absolute Gasteiger partial charge is 0.368 e. The molecule has 0 radical (unpaired) electrons. The Morgan fingerprint density at radius 2 is 1.76 bits per heavy atom. The number of hydrogen-bond acceptors (Lipinski definition) is 4. The lowest BCUT2D eigenvalue weighted by atomic mass is 9.87. The first-order valence-electron chi connectivity index (χ1n) is 7.87. The number of ether oxygens (including phenoxy) is 1. The first-order valence-corrected chi connectivity index (χ1v) is 9.27. The minimum Gasteiger partial charge on any atom is -0.368 e. The molecule has 1 N–H and O–H groups in total.